The first-order chi connectivity index (χ1) is 15.9. The molecule has 3 aromatic rings. The van der Waals surface area contributed by atoms with Crippen molar-refractivity contribution >= 4 is 17.6 Å². The van der Waals surface area contributed by atoms with Gasteiger partial charge in [0, 0.05) is 12.1 Å². The Morgan fingerprint density at radius 2 is 1.55 bits per heavy atom. The van der Waals surface area contributed by atoms with E-state index in [-0.39, 0.29) is 36.0 Å². The molecule has 0 N–H and O–H groups in total. The molecule has 9 nitrogen and oxygen atoms in total. The fourth-order valence-electron chi connectivity index (χ4n) is 2.70. The largest absolute Gasteiger partial charge is 0.490 e. The number of benzene rings is 3. The summed E-state index contributed by atoms with van der Waals surface area (Å²) in [5, 5.41) is 10.7. The van der Waals surface area contributed by atoms with Crippen molar-refractivity contribution in [1.29, 1.82) is 0 Å². The smallest absolute Gasteiger partial charge is 0.352 e. The van der Waals surface area contributed by atoms with Crippen LogP contribution in [0.15, 0.2) is 78.9 Å². The third-order valence-corrected chi connectivity index (χ3v) is 4.34. The van der Waals surface area contributed by atoms with Crippen LogP contribution < -0.4 is 14.2 Å². The van der Waals surface area contributed by atoms with Crippen molar-refractivity contribution in [3.63, 3.8) is 0 Å². The second-order valence-corrected chi connectivity index (χ2v) is 6.73. The van der Waals surface area contributed by atoms with Gasteiger partial charge in [-0.25, -0.2) is 9.59 Å². The Balaban J connectivity index is 1.54. The maximum atomic E-state index is 12.5. The molecule has 33 heavy (non-hydrogen) atoms. The average Bonchev–Trinajstić information content (AvgIpc) is 2.83. The van der Waals surface area contributed by atoms with Gasteiger partial charge < -0.3 is 18.9 Å². The highest BCUT2D eigenvalue weighted by atomic mass is 16.6. The molecule has 0 amide bonds. The molecule has 0 radical (unpaired) electrons. The van der Waals surface area contributed by atoms with E-state index >= 15 is 0 Å². The van der Waals surface area contributed by atoms with Crippen LogP contribution in [0.4, 0.5) is 5.69 Å². The van der Waals surface area contributed by atoms with Crippen molar-refractivity contribution < 1.29 is 33.5 Å². The summed E-state index contributed by atoms with van der Waals surface area (Å²) in [5.41, 5.74) is -0.0210. The van der Waals surface area contributed by atoms with Gasteiger partial charge in [0.05, 0.1) is 4.92 Å². The summed E-state index contributed by atoms with van der Waals surface area (Å²) in [6.45, 7) is 1.64. The van der Waals surface area contributed by atoms with E-state index in [1.165, 1.54) is 43.3 Å². The molecular formula is C24H21NO8. The Morgan fingerprint density at radius 3 is 2.24 bits per heavy atom. The van der Waals surface area contributed by atoms with Gasteiger partial charge in [-0.1, -0.05) is 30.3 Å². The van der Waals surface area contributed by atoms with Gasteiger partial charge in [-0.05, 0) is 43.3 Å². The normalized spacial score (nSPS) is 11.2. The van der Waals surface area contributed by atoms with Crippen LogP contribution in [0, 0.1) is 10.1 Å². The first-order valence-corrected chi connectivity index (χ1v) is 10.0. The molecular weight excluding hydrogens is 430 g/mol. The summed E-state index contributed by atoms with van der Waals surface area (Å²) in [4.78, 5) is 35.1. The molecule has 1 unspecified atom stereocenters. The van der Waals surface area contributed by atoms with Gasteiger partial charge >= 0.3 is 11.9 Å². The van der Waals surface area contributed by atoms with Crippen molar-refractivity contribution in [2.45, 2.75) is 13.0 Å². The Bertz CT molecular complexity index is 1100. The Hall–Kier alpha value is -4.40. The van der Waals surface area contributed by atoms with Gasteiger partial charge in [0.15, 0.2) is 6.10 Å². The molecule has 3 rings (SSSR count). The minimum absolute atomic E-state index is 0.00959. The summed E-state index contributed by atoms with van der Waals surface area (Å²) < 4.78 is 21.5. The summed E-state index contributed by atoms with van der Waals surface area (Å²) in [6, 6.07) is 20.6. The quantitative estimate of drug-likeness (QED) is 0.148. The van der Waals surface area contributed by atoms with Crippen LogP contribution in [-0.4, -0.2) is 36.2 Å². The average molecular weight is 451 g/mol. The van der Waals surface area contributed by atoms with E-state index in [4.69, 9.17) is 18.9 Å². The fourth-order valence-corrected chi connectivity index (χ4v) is 2.70. The number of rotatable bonds is 10. The fraction of sp³-hybridized carbons (Fsp3) is 0.167. The number of nitrogens with zero attached hydrogens (tertiary/aromatic N) is 1. The van der Waals surface area contributed by atoms with Crippen LogP contribution in [0.2, 0.25) is 0 Å². The zero-order valence-corrected chi connectivity index (χ0v) is 17.7. The molecule has 170 valence electrons. The first-order valence-electron chi connectivity index (χ1n) is 10.0. The molecule has 0 aromatic heterocycles. The number of nitro groups is 1. The zero-order valence-electron chi connectivity index (χ0n) is 17.7. The highest BCUT2D eigenvalue weighted by Crippen LogP contribution is 2.22. The van der Waals surface area contributed by atoms with Crippen molar-refractivity contribution in [3.8, 4) is 17.2 Å². The lowest BCUT2D eigenvalue weighted by Crippen LogP contribution is -2.29. The minimum Gasteiger partial charge on any atom is -0.490 e. The van der Waals surface area contributed by atoms with E-state index in [1.54, 1.807) is 24.3 Å². The van der Waals surface area contributed by atoms with Crippen molar-refractivity contribution in [3.05, 3.63) is 94.5 Å². The van der Waals surface area contributed by atoms with E-state index in [9.17, 15) is 19.7 Å². The van der Waals surface area contributed by atoms with E-state index in [2.05, 4.69) is 0 Å². The van der Waals surface area contributed by atoms with Crippen LogP contribution in [0.25, 0.3) is 0 Å². The topological polar surface area (TPSA) is 114 Å². The van der Waals surface area contributed by atoms with Gasteiger partial charge in [-0.15, -0.1) is 0 Å². The van der Waals surface area contributed by atoms with Crippen LogP contribution in [0.5, 0.6) is 17.2 Å². The Labute approximate surface area is 189 Å². The number of esters is 2. The molecule has 9 heteroatoms. The molecule has 0 aliphatic rings. The molecule has 0 aliphatic heterocycles. The summed E-state index contributed by atoms with van der Waals surface area (Å²) >= 11 is 0. The minimum atomic E-state index is -1.03. The third kappa shape index (κ3) is 6.79. The van der Waals surface area contributed by atoms with Crippen molar-refractivity contribution in [1.82, 2.24) is 0 Å². The molecule has 0 spiro atoms. The summed E-state index contributed by atoms with van der Waals surface area (Å²) in [5.74, 6) is -0.475. The second-order valence-electron chi connectivity index (χ2n) is 6.73. The predicted octanol–water partition coefficient (Wildman–Crippen LogP) is 4.20. The summed E-state index contributed by atoms with van der Waals surface area (Å²) in [6.07, 6.45) is -1.03. The molecule has 0 bridgehead atoms. The lowest BCUT2D eigenvalue weighted by Gasteiger charge is -2.15. The maximum Gasteiger partial charge on any atom is 0.352 e. The molecule has 0 saturated carbocycles. The van der Waals surface area contributed by atoms with Crippen LogP contribution in [-0.2, 0) is 9.53 Å². The molecule has 1 atom stereocenters. The van der Waals surface area contributed by atoms with Gasteiger partial charge in [-0.3, -0.25) is 10.1 Å². The van der Waals surface area contributed by atoms with Crippen LogP contribution in [0.3, 0.4) is 0 Å². The van der Waals surface area contributed by atoms with Crippen LogP contribution in [0.1, 0.15) is 17.3 Å². The standard InChI is InChI=1S/C24H21NO8/c1-17(32-20-13-11-18(12-14-20)25(28)29)23(26)33-22-10-6-5-9-21(22)24(27)31-16-15-30-19-7-3-2-4-8-19/h2-14,17H,15-16H2,1H3. The molecule has 0 fully saturated rings. The number of carbonyl (C=O) groups excluding carboxylic acids is 2. The SMILES string of the molecule is CC(Oc1ccc([N+](=O)[O-])cc1)C(=O)Oc1ccccc1C(=O)OCCOc1ccccc1. The van der Waals surface area contributed by atoms with Crippen molar-refractivity contribution in [2.24, 2.45) is 0 Å². The second kappa shape index (κ2) is 11.3. The lowest BCUT2D eigenvalue weighted by atomic mass is 10.2. The number of hydrogen-bond acceptors (Lipinski definition) is 8. The molecule has 0 heterocycles. The zero-order chi connectivity index (χ0) is 23.6. The van der Waals surface area contributed by atoms with Gasteiger partial charge in [0.25, 0.3) is 5.69 Å². The summed E-state index contributed by atoms with van der Waals surface area (Å²) in [7, 11) is 0. The van der Waals surface area contributed by atoms with Crippen LogP contribution >= 0.6 is 0 Å². The lowest BCUT2D eigenvalue weighted by molar-refractivity contribution is -0.384. The molecule has 0 saturated heterocycles. The van der Waals surface area contributed by atoms with E-state index in [0.29, 0.717) is 5.75 Å². The highest BCUT2D eigenvalue weighted by molar-refractivity contribution is 5.93. The van der Waals surface area contributed by atoms with Gasteiger partial charge in [0.1, 0.15) is 36.0 Å². The Morgan fingerprint density at radius 1 is 0.879 bits per heavy atom. The number of carbonyl (C=O) groups is 2. The number of ether oxygens (including phenoxy) is 4. The Kier molecular flexibility index (Phi) is 7.96. The van der Waals surface area contributed by atoms with E-state index in [0.717, 1.165) is 0 Å². The van der Waals surface area contributed by atoms with E-state index in [1.807, 2.05) is 18.2 Å². The number of hydrogen-bond donors (Lipinski definition) is 0. The maximum absolute atomic E-state index is 12.5. The van der Waals surface area contributed by atoms with Crippen molar-refractivity contribution in [2.75, 3.05) is 13.2 Å². The monoisotopic (exact) mass is 451 g/mol. The predicted molar refractivity (Wildman–Crippen MR) is 117 cm³/mol. The van der Waals surface area contributed by atoms with Gasteiger partial charge in [-0.2, -0.15) is 0 Å². The number of para-hydroxylation sites is 2. The number of non-ortho nitro benzene ring substituents is 1. The highest BCUT2D eigenvalue weighted by Gasteiger charge is 2.21. The van der Waals surface area contributed by atoms with Gasteiger partial charge in [0.2, 0.25) is 0 Å². The number of nitro benzene ring substituents is 1. The molecule has 0 aliphatic carbocycles. The first kappa shape index (κ1) is 23.3. The third-order valence-electron chi connectivity index (χ3n) is 4.34. The van der Waals surface area contributed by atoms with E-state index < -0.39 is 23.0 Å². The molecule has 3 aromatic carbocycles.